The van der Waals surface area contributed by atoms with E-state index < -0.39 is 5.97 Å². The maximum absolute atomic E-state index is 12.8. The Morgan fingerprint density at radius 1 is 1.12 bits per heavy atom. The fourth-order valence-electron chi connectivity index (χ4n) is 3.00. The van der Waals surface area contributed by atoms with Crippen LogP contribution in [0.4, 0.5) is 0 Å². The molecule has 0 spiro atoms. The minimum atomic E-state index is -0.528. The first-order valence-electron chi connectivity index (χ1n) is 8.34. The number of methoxy groups -OCH3 is 1. The summed E-state index contributed by atoms with van der Waals surface area (Å²) in [6.45, 7) is 2.24. The van der Waals surface area contributed by atoms with Crippen LogP contribution in [0, 0.1) is 5.92 Å². The van der Waals surface area contributed by atoms with Crippen molar-refractivity contribution in [3.05, 3.63) is 35.4 Å². The van der Waals surface area contributed by atoms with Gasteiger partial charge in [0.1, 0.15) is 0 Å². The van der Waals surface area contributed by atoms with Gasteiger partial charge in [0.15, 0.2) is 0 Å². The molecule has 24 heavy (non-hydrogen) atoms. The van der Waals surface area contributed by atoms with Gasteiger partial charge in [0.25, 0.3) is 5.91 Å². The van der Waals surface area contributed by atoms with Crippen molar-refractivity contribution >= 4 is 17.8 Å². The number of nitrogens with zero attached hydrogens (tertiary/aromatic N) is 2. The van der Waals surface area contributed by atoms with Crippen LogP contribution in [0.3, 0.4) is 0 Å². The lowest BCUT2D eigenvalue weighted by molar-refractivity contribution is -0.130. The second-order valence-electron chi connectivity index (χ2n) is 6.36. The number of carbonyl (C=O) groups is 3. The van der Waals surface area contributed by atoms with Crippen LogP contribution in [0.1, 0.15) is 40.0 Å². The van der Waals surface area contributed by atoms with Gasteiger partial charge < -0.3 is 14.5 Å². The second kappa shape index (κ2) is 7.03. The zero-order valence-corrected chi connectivity index (χ0v) is 13.9. The van der Waals surface area contributed by atoms with Gasteiger partial charge in [0.2, 0.25) is 5.91 Å². The summed E-state index contributed by atoms with van der Waals surface area (Å²) in [6, 6.07) is 6.64. The predicted molar refractivity (Wildman–Crippen MR) is 87.6 cm³/mol. The lowest BCUT2D eigenvalue weighted by Gasteiger charge is -2.22. The molecule has 0 N–H and O–H groups in total. The first-order valence-corrected chi connectivity index (χ1v) is 8.34. The topological polar surface area (TPSA) is 66.9 Å². The van der Waals surface area contributed by atoms with Crippen molar-refractivity contribution in [2.24, 2.45) is 5.92 Å². The molecular weight excluding hydrogens is 308 g/mol. The van der Waals surface area contributed by atoms with Crippen molar-refractivity contribution in [2.75, 3.05) is 33.3 Å². The van der Waals surface area contributed by atoms with Crippen LogP contribution >= 0.6 is 0 Å². The summed E-state index contributed by atoms with van der Waals surface area (Å²) in [5.74, 6) is -0.00742. The van der Waals surface area contributed by atoms with Crippen LogP contribution in [0.2, 0.25) is 0 Å². The fraction of sp³-hybridized carbons (Fsp3) is 0.500. The van der Waals surface area contributed by atoms with Crippen LogP contribution in [-0.2, 0) is 9.53 Å². The number of amides is 2. The van der Waals surface area contributed by atoms with Crippen molar-refractivity contribution in [1.82, 2.24) is 9.80 Å². The Bertz CT molecular complexity index is 654. The van der Waals surface area contributed by atoms with Gasteiger partial charge in [-0.1, -0.05) is 12.1 Å². The molecule has 1 aromatic rings. The van der Waals surface area contributed by atoms with E-state index in [1.807, 2.05) is 4.90 Å². The molecule has 2 amide bonds. The molecule has 1 heterocycles. The Kier molecular flexibility index (Phi) is 4.83. The number of hydrogen-bond donors (Lipinski definition) is 0. The summed E-state index contributed by atoms with van der Waals surface area (Å²) < 4.78 is 4.75. The molecule has 0 unspecified atom stereocenters. The molecule has 1 saturated heterocycles. The van der Waals surface area contributed by atoms with E-state index in [-0.39, 0.29) is 17.4 Å². The van der Waals surface area contributed by atoms with E-state index >= 15 is 0 Å². The predicted octanol–water partition coefficient (Wildman–Crippen LogP) is 1.56. The first-order chi connectivity index (χ1) is 11.6. The molecule has 0 bridgehead atoms. The summed E-state index contributed by atoms with van der Waals surface area (Å²) in [5.41, 5.74) is 0.586. The average molecular weight is 330 g/mol. The SMILES string of the molecule is COC(=O)c1ccccc1C(=O)N1CCC(=O)N(CC2CC2)CC1. The van der Waals surface area contributed by atoms with Gasteiger partial charge in [-0.3, -0.25) is 9.59 Å². The lowest BCUT2D eigenvalue weighted by Crippen LogP contribution is -2.37. The normalized spacial score (nSPS) is 18.3. The molecule has 6 heteroatoms. The molecule has 0 aromatic heterocycles. The van der Waals surface area contributed by atoms with E-state index in [0.717, 1.165) is 6.54 Å². The summed E-state index contributed by atoms with van der Waals surface area (Å²) in [7, 11) is 1.30. The third-order valence-corrected chi connectivity index (χ3v) is 4.61. The number of esters is 1. The van der Waals surface area contributed by atoms with Gasteiger partial charge in [-0.15, -0.1) is 0 Å². The van der Waals surface area contributed by atoms with Gasteiger partial charge in [-0.2, -0.15) is 0 Å². The number of carbonyl (C=O) groups excluding carboxylic acids is 3. The summed E-state index contributed by atoms with van der Waals surface area (Å²) >= 11 is 0. The zero-order valence-electron chi connectivity index (χ0n) is 13.9. The highest BCUT2D eigenvalue weighted by Gasteiger charge is 2.30. The van der Waals surface area contributed by atoms with Crippen molar-refractivity contribution in [2.45, 2.75) is 19.3 Å². The van der Waals surface area contributed by atoms with Crippen molar-refractivity contribution in [3.8, 4) is 0 Å². The van der Waals surface area contributed by atoms with Crippen molar-refractivity contribution in [3.63, 3.8) is 0 Å². The molecule has 0 atom stereocenters. The van der Waals surface area contributed by atoms with Gasteiger partial charge in [-0.05, 0) is 30.9 Å². The second-order valence-corrected chi connectivity index (χ2v) is 6.36. The van der Waals surface area contributed by atoms with Gasteiger partial charge in [0, 0.05) is 32.6 Å². The first kappa shape index (κ1) is 16.5. The molecule has 1 aromatic carbocycles. The van der Waals surface area contributed by atoms with Gasteiger partial charge in [-0.25, -0.2) is 4.79 Å². The number of ether oxygens (including phenoxy) is 1. The van der Waals surface area contributed by atoms with Crippen LogP contribution in [0.5, 0.6) is 0 Å². The molecule has 1 saturated carbocycles. The van der Waals surface area contributed by atoms with E-state index in [1.165, 1.54) is 20.0 Å². The maximum Gasteiger partial charge on any atom is 0.338 e. The molecule has 128 valence electrons. The Morgan fingerprint density at radius 2 is 1.83 bits per heavy atom. The van der Waals surface area contributed by atoms with E-state index in [2.05, 4.69) is 0 Å². The fourth-order valence-corrected chi connectivity index (χ4v) is 3.00. The van der Waals surface area contributed by atoms with Crippen molar-refractivity contribution in [1.29, 1.82) is 0 Å². The van der Waals surface area contributed by atoms with Crippen LogP contribution in [0.25, 0.3) is 0 Å². The quantitative estimate of drug-likeness (QED) is 0.786. The maximum atomic E-state index is 12.8. The standard InChI is InChI=1S/C18H22N2O4/c1-24-18(23)15-5-3-2-4-14(15)17(22)19-9-8-16(21)20(11-10-19)12-13-6-7-13/h2-5,13H,6-12H2,1H3. The Labute approximate surface area is 141 Å². The molecule has 2 fully saturated rings. The minimum Gasteiger partial charge on any atom is -0.465 e. The van der Waals surface area contributed by atoms with Crippen LogP contribution in [-0.4, -0.2) is 60.9 Å². The van der Waals surface area contributed by atoms with E-state index in [0.29, 0.717) is 37.5 Å². The summed E-state index contributed by atoms with van der Waals surface area (Å²) in [6.07, 6.45) is 2.72. The molecule has 6 nitrogen and oxygen atoms in total. The molecule has 3 rings (SSSR count). The highest BCUT2D eigenvalue weighted by Crippen LogP contribution is 2.30. The zero-order chi connectivity index (χ0) is 17.1. The monoisotopic (exact) mass is 330 g/mol. The molecular formula is C18H22N2O4. The number of rotatable bonds is 4. The lowest BCUT2D eigenvalue weighted by atomic mass is 10.1. The Morgan fingerprint density at radius 3 is 2.50 bits per heavy atom. The third kappa shape index (κ3) is 3.58. The number of benzene rings is 1. The van der Waals surface area contributed by atoms with Crippen LogP contribution in [0.15, 0.2) is 24.3 Å². The third-order valence-electron chi connectivity index (χ3n) is 4.61. The Balaban J connectivity index is 1.73. The van der Waals surface area contributed by atoms with Gasteiger partial charge >= 0.3 is 5.97 Å². The smallest absolute Gasteiger partial charge is 0.338 e. The van der Waals surface area contributed by atoms with Gasteiger partial charge in [0.05, 0.1) is 18.2 Å². The highest BCUT2D eigenvalue weighted by atomic mass is 16.5. The Hall–Kier alpha value is -2.37. The summed E-state index contributed by atoms with van der Waals surface area (Å²) in [5, 5.41) is 0. The van der Waals surface area contributed by atoms with Crippen LogP contribution < -0.4 is 0 Å². The molecule has 2 aliphatic rings. The van der Waals surface area contributed by atoms with E-state index in [4.69, 9.17) is 4.74 Å². The molecule has 1 aliphatic heterocycles. The highest BCUT2D eigenvalue weighted by molar-refractivity contribution is 6.05. The van der Waals surface area contributed by atoms with E-state index in [1.54, 1.807) is 29.2 Å². The largest absolute Gasteiger partial charge is 0.465 e. The minimum absolute atomic E-state index is 0.110. The molecule has 1 aliphatic carbocycles. The van der Waals surface area contributed by atoms with Crippen molar-refractivity contribution < 1.29 is 19.1 Å². The average Bonchev–Trinajstić information content (AvgIpc) is 3.44. The number of hydrogen-bond acceptors (Lipinski definition) is 4. The molecule has 0 radical (unpaired) electrons. The summed E-state index contributed by atoms with van der Waals surface area (Å²) in [4.78, 5) is 40.4. The van der Waals surface area contributed by atoms with E-state index in [9.17, 15) is 14.4 Å².